The molecule has 1 N–H and O–H groups in total. The summed E-state index contributed by atoms with van der Waals surface area (Å²) in [5, 5.41) is 9.49. The van der Waals surface area contributed by atoms with Gasteiger partial charge in [-0.1, -0.05) is 29.8 Å². The van der Waals surface area contributed by atoms with Gasteiger partial charge in [-0.3, -0.25) is 4.79 Å². The number of carbonyl (C=O) groups excluding carboxylic acids is 1. The summed E-state index contributed by atoms with van der Waals surface area (Å²) < 4.78 is 0. The molecule has 1 saturated heterocycles. The Bertz CT molecular complexity index is 235. The van der Waals surface area contributed by atoms with E-state index in [0.29, 0.717) is 11.8 Å². The lowest BCUT2D eigenvalue weighted by Crippen LogP contribution is -2.44. The van der Waals surface area contributed by atoms with Crippen LogP contribution in [0.25, 0.3) is 0 Å². The molecule has 0 aromatic heterocycles. The highest BCUT2D eigenvalue weighted by Gasteiger charge is 2.29. The summed E-state index contributed by atoms with van der Waals surface area (Å²) in [6.45, 7) is 7.48. The lowest BCUT2D eigenvalue weighted by Gasteiger charge is -2.34. The molecular weight excluding hydrogens is 270 g/mol. The van der Waals surface area contributed by atoms with Crippen LogP contribution < -0.4 is 0 Å². The third kappa shape index (κ3) is 3.45. The molecule has 4 heteroatoms. The van der Waals surface area contributed by atoms with E-state index in [1.807, 2.05) is 25.7 Å². The highest BCUT2D eigenvalue weighted by Crippen LogP contribution is 2.23. The molecule has 16 heavy (non-hydrogen) atoms. The number of alkyl halides is 1. The molecule has 1 amide bonds. The van der Waals surface area contributed by atoms with E-state index < -0.39 is 0 Å². The maximum atomic E-state index is 12.0. The number of hydrogen-bond acceptors (Lipinski definition) is 2. The molecule has 2 atom stereocenters. The number of piperidine rings is 1. The minimum Gasteiger partial charge on any atom is -0.393 e. The lowest BCUT2D eigenvalue weighted by molar-refractivity contribution is -0.133. The zero-order chi connectivity index (χ0) is 12.3. The SMILES string of the molecule is CC(C)C(Br)C(=O)N1CCC(C(C)O)CC1. The highest BCUT2D eigenvalue weighted by atomic mass is 79.9. The number of amides is 1. The standard InChI is InChI=1S/C12H22BrNO2/c1-8(2)11(13)12(16)14-6-4-10(5-7-14)9(3)15/h8-11,15H,4-7H2,1-3H3. The quantitative estimate of drug-likeness (QED) is 0.809. The van der Waals surface area contributed by atoms with Gasteiger partial charge in [-0.25, -0.2) is 0 Å². The van der Waals surface area contributed by atoms with Gasteiger partial charge in [0.1, 0.15) is 0 Å². The van der Waals surface area contributed by atoms with Crippen LogP contribution in [0.1, 0.15) is 33.6 Å². The normalized spacial score (nSPS) is 22.2. The number of hydrogen-bond donors (Lipinski definition) is 1. The van der Waals surface area contributed by atoms with Crippen molar-refractivity contribution in [2.24, 2.45) is 11.8 Å². The van der Waals surface area contributed by atoms with Crippen LogP contribution in [-0.4, -0.2) is 39.9 Å². The molecule has 1 rings (SSSR count). The van der Waals surface area contributed by atoms with Crippen molar-refractivity contribution >= 4 is 21.8 Å². The van der Waals surface area contributed by atoms with Gasteiger partial charge in [-0.15, -0.1) is 0 Å². The first-order chi connectivity index (χ1) is 7.43. The zero-order valence-electron chi connectivity index (χ0n) is 10.3. The molecule has 0 spiro atoms. The number of nitrogens with zero attached hydrogens (tertiary/aromatic N) is 1. The summed E-state index contributed by atoms with van der Waals surface area (Å²) in [5.74, 6) is 0.873. The number of aliphatic hydroxyl groups excluding tert-OH is 1. The molecule has 94 valence electrons. The Morgan fingerprint density at radius 1 is 1.31 bits per heavy atom. The van der Waals surface area contributed by atoms with Crippen molar-refractivity contribution in [3.05, 3.63) is 0 Å². The van der Waals surface area contributed by atoms with E-state index in [1.165, 1.54) is 0 Å². The Kier molecular flexibility index (Phi) is 5.25. The predicted molar refractivity (Wildman–Crippen MR) is 68.5 cm³/mol. The van der Waals surface area contributed by atoms with Crippen LogP contribution in [0.5, 0.6) is 0 Å². The van der Waals surface area contributed by atoms with E-state index in [0.717, 1.165) is 25.9 Å². The molecule has 3 nitrogen and oxygen atoms in total. The number of halogens is 1. The average Bonchev–Trinajstić information content (AvgIpc) is 2.27. The highest BCUT2D eigenvalue weighted by molar-refractivity contribution is 9.10. The van der Waals surface area contributed by atoms with Crippen molar-refractivity contribution in [1.82, 2.24) is 4.90 Å². The van der Waals surface area contributed by atoms with Gasteiger partial charge in [0.15, 0.2) is 0 Å². The van der Waals surface area contributed by atoms with Crippen molar-refractivity contribution < 1.29 is 9.90 Å². The van der Waals surface area contributed by atoms with Gasteiger partial charge in [-0.05, 0) is 31.6 Å². The van der Waals surface area contributed by atoms with E-state index in [9.17, 15) is 9.90 Å². The summed E-state index contributed by atoms with van der Waals surface area (Å²) >= 11 is 3.45. The smallest absolute Gasteiger partial charge is 0.236 e. The van der Waals surface area contributed by atoms with Gasteiger partial charge in [0.25, 0.3) is 0 Å². The van der Waals surface area contributed by atoms with E-state index >= 15 is 0 Å². The van der Waals surface area contributed by atoms with Gasteiger partial charge in [0.05, 0.1) is 10.9 Å². The Labute approximate surface area is 106 Å². The lowest BCUT2D eigenvalue weighted by atomic mass is 9.92. The van der Waals surface area contributed by atoms with Crippen molar-refractivity contribution in [2.45, 2.75) is 44.5 Å². The van der Waals surface area contributed by atoms with Crippen LogP contribution in [-0.2, 0) is 4.79 Å². The monoisotopic (exact) mass is 291 g/mol. The maximum Gasteiger partial charge on any atom is 0.236 e. The Balaban J connectivity index is 2.45. The molecule has 1 heterocycles. The van der Waals surface area contributed by atoms with Gasteiger partial charge >= 0.3 is 0 Å². The average molecular weight is 292 g/mol. The summed E-state index contributed by atoms with van der Waals surface area (Å²) in [7, 11) is 0. The number of aliphatic hydroxyl groups is 1. The van der Waals surface area contributed by atoms with Crippen LogP contribution in [0.15, 0.2) is 0 Å². The predicted octanol–water partition coefficient (Wildman–Crippen LogP) is 2.03. The first-order valence-corrected chi connectivity index (χ1v) is 6.96. The molecule has 1 aliphatic rings. The van der Waals surface area contributed by atoms with Crippen LogP contribution in [0.2, 0.25) is 0 Å². The Morgan fingerprint density at radius 3 is 2.19 bits per heavy atom. The Morgan fingerprint density at radius 2 is 1.81 bits per heavy atom. The molecule has 0 aromatic rings. The number of likely N-dealkylation sites (tertiary alicyclic amines) is 1. The third-order valence-corrected chi connectivity index (χ3v) is 4.80. The van der Waals surface area contributed by atoms with Crippen molar-refractivity contribution in [3.63, 3.8) is 0 Å². The van der Waals surface area contributed by atoms with Gasteiger partial charge in [-0.2, -0.15) is 0 Å². The molecule has 1 fully saturated rings. The van der Waals surface area contributed by atoms with Crippen molar-refractivity contribution in [3.8, 4) is 0 Å². The minimum absolute atomic E-state index is 0.0735. The van der Waals surface area contributed by atoms with Crippen LogP contribution >= 0.6 is 15.9 Å². The fourth-order valence-corrected chi connectivity index (χ4v) is 2.35. The molecule has 0 saturated carbocycles. The molecule has 0 bridgehead atoms. The molecular formula is C12H22BrNO2. The van der Waals surface area contributed by atoms with Gasteiger partial charge in [0.2, 0.25) is 5.91 Å². The Hall–Kier alpha value is -0.0900. The molecule has 1 aliphatic heterocycles. The van der Waals surface area contributed by atoms with E-state index in [-0.39, 0.29) is 16.8 Å². The largest absolute Gasteiger partial charge is 0.393 e. The molecule has 2 unspecified atom stereocenters. The summed E-state index contributed by atoms with van der Waals surface area (Å²) in [6, 6.07) is 0. The number of carbonyl (C=O) groups is 1. The topological polar surface area (TPSA) is 40.5 Å². The van der Waals surface area contributed by atoms with Crippen LogP contribution in [0, 0.1) is 11.8 Å². The second-order valence-corrected chi connectivity index (χ2v) is 6.04. The van der Waals surface area contributed by atoms with Crippen molar-refractivity contribution in [2.75, 3.05) is 13.1 Å². The fraction of sp³-hybridized carbons (Fsp3) is 0.917. The number of rotatable bonds is 3. The maximum absolute atomic E-state index is 12.0. The zero-order valence-corrected chi connectivity index (χ0v) is 11.9. The van der Waals surface area contributed by atoms with Gasteiger partial charge < -0.3 is 10.0 Å². The second-order valence-electron chi connectivity index (χ2n) is 5.05. The van der Waals surface area contributed by atoms with Crippen LogP contribution in [0.4, 0.5) is 0 Å². The third-order valence-electron chi connectivity index (χ3n) is 3.35. The fourth-order valence-electron chi connectivity index (χ4n) is 2.06. The summed E-state index contributed by atoms with van der Waals surface area (Å²) in [6.07, 6.45) is 1.59. The van der Waals surface area contributed by atoms with Gasteiger partial charge in [0, 0.05) is 13.1 Å². The summed E-state index contributed by atoms with van der Waals surface area (Å²) in [4.78, 5) is 13.9. The van der Waals surface area contributed by atoms with E-state index in [1.54, 1.807) is 0 Å². The minimum atomic E-state index is -0.248. The second kappa shape index (κ2) is 6.01. The molecule has 0 radical (unpaired) electrons. The molecule has 0 aromatic carbocycles. The van der Waals surface area contributed by atoms with E-state index in [2.05, 4.69) is 15.9 Å². The van der Waals surface area contributed by atoms with Crippen molar-refractivity contribution in [1.29, 1.82) is 0 Å². The molecule has 0 aliphatic carbocycles. The first kappa shape index (κ1) is 14.0. The van der Waals surface area contributed by atoms with Crippen LogP contribution in [0.3, 0.4) is 0 Å². The summed E-state index contributed by atoms with van der Waals surface area (Å²) in [5.41, 5.74) is 0. The first-order valence-electron chi connectivity index (χ1n) is 6.04. The van der Waals surface area contributed by atoms with E-state index in [4.69, 9.17) is 0 Å².